The van der Waals surface area contributed by atoms with Gasteiger partial charge < -0.3 is 19.7 Å². The minimum atomic E-state index is -0.425. The predicted octanol–water partition coefficient (Wildman–Crippen LogP) is 2.69. The normalized spacial score (nSPS) is 10.0. The number of hydrogen-bond acceptors (Lipinski definition) is 6. The van der Waals surface area contributed by atoms with Gasteiger partial charge in [0.2, 0.25) is 0 Å². The maximum Gasteiger partial charge on any atom is 0.341 e. The van der Waals surface area contributed by atoms with Crippen molar-refractivity contribution in [2.45, 2.75) is 0 Å². The molecular formula is C16H19N3O3. The Hall–Kier alpha value is -2.76. The number of ether oxygens (including phenoxy) is 2. The summed E-state index contributed by atoms with van der Waals surface area (Å²) < 4.78 is 9.98. The number of methoxy groups -OCH3 is 2. The van der Waals surface area contributed by atoms with Crippen LogP contribution >= 0.6 is 0 Å². The molecule has 0 saturated carbocycles. The molecule has 0 amide bonds. The van der Waals surface area contributed by atoms with E-state index in [9.17, 15) is 4.79 Å². The van der Waals surface area contributed by atoms with Gasteiger partial charge in [-0.3, -0.25) is 0 Å². The van der Waals surface area contributed by atoms with Gasteiger partial charge in [0.05, 0.1) is 14.2 Å². The molecule has 1 aromatic carbocycles. The topological polar surface area (TPSA) is 63.7 Å². The number of rotatable bonds is 5. The van der Waals surface area contributed by atoms with Gasteiger partial charge in [0, 0.05) is 19.8 Å². The van der Waals surface area contributed by atoms with Gasteiger partial charge in [0.15, 0.2) is 0 Å². The molecule has 1 heterocycles. The number of carbonyl (C=O) groups is 1. The van der Waals surface area contributed by atoms with Crippen LogP contribution in [0.15, 0.2) is 36.4 Å². The van der Waals surface area contributed by atoms with Crippen molar-refractivity contribution in [3.8, 4) is 5.75 Å². The van der Waals surface area contributed by atoms with E-state index in [4.69, 9.17) is 9.47 Å². The minimum absolute atomic E-state index is 0.403. The SMILES string of the molecule is CNc1ccc(C(=O)OC)c(N(C)c2ccc(OC)cc2)n1. The Labute approximate surface area is 129 Å². The molecule has 0 aliphatic heterocycles. The van der Waals surface area contributed by atoms with Crippen molar-refractivity contribution in [2.24, 2.45) is 0 Å². The first-order valence-corrected chi connectivity index (χ1v) is 6.75. The predicted molar refractivity (Wildman–Crippen MR) is 86.2 cm³/mol. The van der Waals surface area contributed by atoms with Gasteiger partial charge >= 0.3 is 5.97 Å². The average Bonchev–Trinajstić information content (AvgIpc) is 2.59. The quantitative estimate of drug-likeness (QED) is 0.857. The first-order chi connectivity index (χ1) is 10.6. The lowest BCUT2D eigenvalue weighted by Crippen LogP contribution is -2.17. The molecule has 0 spiro atoms. The zero-order valence-corrected chi connectivity index (χ0v) is 13.1. The van der Waals surface area contributed by atoms with Crippen molar-refractivity contribution >= 4 is 23.3 Å². The number of anilines is 3. The molecule has 0 aliphatic carbocycles. The zero-order valence-electron chi connectivity index (χ0n) is 13.1. The minimum Gasteiger partial charge on any atom is -0.497 e. The third-order valence-electron chi connectivity index (χ3n) is 3.31. The number of nitrogens with zero attached hydrogens (tertiary/aromatic N) is 2. The number of pyridine rings is 1. The number of carbonyl (C=O) groups excluding carboxylic acids is 1. The lowest BCUT2D eigenvalue weighted by Gasteiger charge is -2.21. The van der Waals surface area contributed by atoms with E-state index >= 15 is 0 Å². The highest BCUT2D eigenvalue weighted by Crippen LogP contribution is 2.28. The molecule has 6 heteroatoms. The van der Waals surface area contributed by atoms with E-state index in [2.05, 4.69) is 10.3 Å². The Morgan fingerprint density at radius 1 is 1.14 bits per heavy atom. The van der Waals surface area contributed by atoms with Crippen LogP contribution in [0.4, 0.5) is 17.3 Å². The fourth-order valence-corrected chi connectivity index (χ4v) is 2.04. The van der Waals surface area contributed by atoms with Crippen LogP contribution in [-0.4, -0.2) is 39.3 Å². The molecule has 1 aromatic heterocycles. The van der Waals surface area contributed by atoms with Gasteiger partial charge in [-0.2, -0.15) is 0 Å². The van der Waals surface area contributed by atoms with Crippen LogP contribution < -0.4 is 15.0 Å². The Morgan fingerprint density at radius 2 is 1.82 bits per heavy atom. The van der Waals surface area contributed by atoms with E-state index in [1.807, 2.05) is 36.2 Å². The summed E-state index contributed by atoms with van der Waals surface area (Å²) >= 11 is 0. The molecule has 22 heavy (non-hydrogen) atoms. The van der Waals surface area contributed by atoms with Crippen molar-refractivity contribution in [2.75, 3.05) is 38.5 Å². The van der Waals surface area contributed by atoms with Crippen LogP contribution in [0.25, 0.3) is 0 Å². The summed E-state index contributed by atoms with van der Waals surface area (Å²) in [5.41, 5.74) is 1.28. The van der Waals surface area contributed by atoms with Gasteiger partial charge in [-0.05, 0) is 36.4 Å². The fourth-order valence-electron chi connectivity index (χ4n) is 2.04. The molecule has 0 saturated heterocycles. The van der Waals surface area contributed by atoms with Gasteiger partial charge in [-0.15, -0.1) is 0 Å². The molecular weight excluding hydrogens is 282 g/mol. The van der Waals surface area contributed by atoms with Crippen LogP contribution in [0.3, 0.4) is 0 Å². The Kier molecular flexibility index (Phi) is 4.83. The molecule has 0 aliphatic rings. The lowest BCUT2D eigenvalue weighted by atomic mass is 10.2. The maximum atomic E-state index is 11.9. The van der Waals surface area contributed by atoms with Gasteiger partial charge in [0.25, 0.3) is 0 Å². The highest BCUT2D eigenvalue weighted by molar-refractivity contribution is 5.96. The van der Waals surface area contributed by atoms with Crippen molar-refractivity contribution in [3.63, 3.8) is 0 Å². The molecule has 0 unspecified atom stereocenters. The highest BCUT2D eigenvalue weighted by atomic mass is 16.5. The van der Waals surface area contributed by atoms with E-state index < -0.39 is 5.97 Å². The van der Waals surface area contributed by atoms with Gasteiger partial charge in [-0.25, -0.2) is 9.78 Å². The van der Waals surface area contributed by atoms with Crippen molar-refractivity contribution in [3.05, 3.63) is 42.0 Å². The molecule has 0 fully saturated rings. The highest BCUT2D eigenvalue weighted by Gasteiger charge is 2.18. The third kappa shape index (κ3) is 3.11. The Balaban J connectivity index is 2.45. The van der Waals surface area contributed by atoms with Crippen LogP contribution in [0.2, 0.25) is 0 Å². The van der Waals surface area contributed by atoms with Crippen molar-refractivity contribution in [1.29, 1.82) is 0 Å². The Bertz CT molecular complexity index is 656. The van der Waals surface area contributed by atoms with E-state index in [1.54, 1.807) is 26.3 Å². The molecule has 2 aromatic rings. The number of esters is 1. The maximum absolute atomic E-state index is 11.9. The summed E-state index contributed by atoms with van der Waals surface area (Å²) in [5, 5.41) is 2.97. The fraction of sp³-hybridized carbons (Fsp3) is 0.250. The number of nitrogens with one attached hydrogen (secondary N) is 1. The standard InChI is InChI=1S/C16H19N3O3/c1-17-14-10-9-13(16(20)22-4)15(18-14)19(2)11-5-7-12(21-3)8-6-11/h5-10H,1-4H3,(H,17,18). The first kappa shape index (κ1) is 15.6. The van der Waals surface area contributed by atoms with Crippen molar-refractivity contribution in [1.82, 2.24) is 4.98 Å². The molecule has 0 atom stereocenters. The number of hydrogen-bond donors (Lipinski definition) is 1. The molecule has 0 radical (unpaired) electrons. The summed E-state index contributed by atoms with van der Waals surface area (Å²) in [4.78, 5) is 18.2. The Morgan fingerprint density at radius 3 is 2.36 bits per heavy atom. The van der Waals surface area contributed by atoms with Crippen LogP contribution in [0.1, 0.15) is 10.4 Å². The second-order valence-corrected chi connectivity index (χ2v) is 4.57. The summed E-state index contributed by atoms with van der Waals surface area (Å²) in [5.74, 6) is 1.53. The molecule has 1 N–H and O–H groups in total. The smallest absolute Gasteiger partial charge is 0.341 e. The molecule has 116 valence electrons. The van der Waals surface area contributed by atoms with Gasteiger partial charge in [-0.1, -0.05) is 0 Å². The second-order valence-electron chi connectivity index (χ2n) is 4.57. The number of benzene rings is 1. The van der Waals surface area contributed by atoms with Crippen LogP contribution in [0, 0.1) is 0 Å². The second kappa shape index (κ2) is 6.80. The summed E-state index contributed by atoms with van der Waals surface area (Å²) in [6.07, 6.45) is 0. The molecule has 0 bridgehead atoms. The monoisotopic (exact) mass is 301 g/mol. The zero-order chi connectivity index (χ0) is 16.1. The molecule has 6 nitrogen and oxygen atoms in total. The van der Waals surface area contributed by atoms with Crippen LogP contribution in [-0.2, 0) is 4.74 Å². The van der Waals surface area contributed by atoms with E-state index in [0.29, 0.717) is 17.2 Å². The molecule has 2 rings (SSSR count). The largest absolute Gasteiger partial charge is 0.497 e. The average molecular weight is 301 g/mol. The van der Waals surface area contributed by atoms with E-state index in [0.717, 1.165) is 11.4 Å². The third-order valence-corrected chi connectivity index (χ3v) is 3.31. The van der Waals surface area contributed by atoms with E-state index in [1.165, 1.54) is 7.11 Å². The van der Waals surface area contributed by atoms with E-state index in [-0.39, 0.29) is 0 Å². The summed E-state index contributed by atoms with van der Waals surface area (Å²) in [7, 11) is 6.59. The number of aromatic nitrogens is 1. The van der Waals surface area contributed by atoms with Crippen molar-refractivity contribution < 1.29 is 14.3 Å². The lowest BCUT2D eigenvalue weighted by molar-refractivity contribution is 0.0601. The summed E-state index contributed by atoms with van der Waals surface area (Å²) in [6.45, 7) is 0. The first-order valence-electron chi connectivity index (χ1n) is 6.75. The van der Waals surface area contributed by atoms with Gasteiger partial charge in [0.1, 0.15) is 22.9 Å². The summed E-state index contributed by atoms with van der Waals surface area (Å²) in [6, 6.07) is 10.9. The van der Waals surface area contributed by atoms with Crippen LogP contribution in [0.5, 0.6) is 5.75 Å².